The SMILES string of the molecule is CNC(=O)c1cn(CC2CCCNC2)nn1.Cl. The van der Waals surface area contributed by atoms with Gasteiger partial charge in [0.2, 0.25) is 0 Å². The van der Waals surface area contributed by atoms with Crippen molar-refractivity contribution in [2.45, 2.75) is 19.4 Å². The van der Waals surface area contributed by atoms with Crippen LogP contribution in [0.1, 0.15) is 23.3 Å². The Morgan fingerprint density at radius 1 is 1.71 bits per heavy atom. The van der Waals surface area contributed by atoms with Gasteiger partial charge in [-0.3, -0.25) is 9.48 Å². The maximum Gasteiger partial charge on any atom is 0.273 e. The lowest BCUT2D eigenvalue weighted by molar-refractivity contribution is 0.0958. The third-order valence-corrected chi connectivity index (χ3v) is 2.84. The van der Waals surface area contributed by atoms with Gasteiger partial charge in [-0.1, -0.05) is 5.21 Å². The van der Waals surface area contributed by atoms with Crippen LogP contribution in [-0.2, 0) is 6.54 Å². The molecule has 1 atom stereocenters. The van der Waals surface area contributed by atoms with Gasteiger partial charge in [0.25, 0.3) is 5.91 Å². The summed E-state index contributed by atoms with van der Waals surface area (Å²) in [5, 5.41) is 13.7. The van der Waals surface area contributed by atoms with Crippen LogP contribution in [0.15, 0.2) is 6.20 Å². The molecular weight excluding hydrogens is 242 g/mol. The van der Waals surface area contributed by atoms with E-state index in [0.29, 0.717) is 11.6 Å². The Hall–Kier alpha value is -1.14. The Balaban J connectivity index is 0.00000144. The molecule has 1 aromatic heterocycles. The second-order valence-electron chi connectivity index (χ2n) is 4.12. The Bertz CT molecular complexity index is 361. The molecule has 1 aromatic rings. The molecule has 1 amide bonds. The van der Waals surface area contributed by atoms with E-state index in [1.165, 1.54) is 12.8 Å². The summed E-state index contributed by atoms with van der Waals surface area (Å²) in [6.07, 6.45) is 4.12. The number of nitrogens with one attached hydrogen (secondary N) is 2. The summed E-state index contributed by atoms with van der Waals surface area (Å²) in [7, 11) is 1.59. The van der Waals surface area contributed by atoms with Crippen LogP contribution >= 0.6 is 12.4 Å². The van der Waals surface area contributed by atoms with Gasteiger partial charge in [-0.05, 0) is 31.8 Å². The second kappa shape index (κ2) is 6.56. The van der Waals surface area contributed by atoms with Crippen LogP contribution in [0.25, 0.3) is 0 Å². The zero-order valence-electron chi connectivity index (χ0n) is 9.85. The molecule has 0 radical (unpaired) electrons. The number of amides is 1. The van der Waals surface area contributed by atoms with Crippen LogP contribution in [0.5, 0.6) is 0 Å². The molecule has 1 saturated heterocycles. The summed E-state index contributed by atoms with van der Waals surface area (Å²) < 4.78 is 1.75. The quantitative estimate of drug-likeness (QED) is 0.805. The van der Waals surface area contributed by atoms with E-state index in [0.717, 1.165) is 19.6 Å². The standard InChI is InChI=1S/C10H17N5O.ClH/c1-11-10(16)9-7-15(14-13-9)6-8-3-2-4-12-5-8;/h7-8,12H,2-6H2,1H3,(H,11,16);1H. The number of nitrogens with zero attached hydrogens (tertiary/aromatic N) is 3. The van der Waals surface area contributed by atoms with Gasteiger partial charge in [0, 0.05) is 13.6 Å². The van der Waals surface area contributed by atoms with Crippen molar-refractivity contribution in [2.24, 2.45) is 5.92 Å². The molecule has 2 N–H and O–H groups in total. The average molecular weight is 260 g/mol. The van der Waals surface area contributed by atoms with Crippen molar-refractivity contribution in [3.8, 4) is 0 Å². The van der Waals surface area contributed by atoms with Crippen LogP contribution < -0.4 is 10.6 Å². The highest BCUT2D eigenvalue weighted by Gasteiger charge is 2.15. The summed E-state index contributed by atoms with van der Waals surface area (Å²) in [5.74, 6) is 0.404. The Labute approximate surface area is 107 Å². The van der Waals surface area contributed by atoms with Gasteiger partial charge in [0.15, 0.2) is 5.69 Å². The van der Waals surface area contributed by atoms with E-state index in [9.17, 15) is 4.79 Å². The first-order chi connectivity index (χ1) is 7.79. The Kier molecular flexibility index (Phi) is 5.37. The lowest BCUT2D eigenvalue weighted by atomic mass is 10.00. The maximum atomic E-state index is 11.3. The first-order valence-electron chi connectivity index (χ1n) is 5.62. The van der Waals surface area contributed by atoms with E-state index in [4.69, 9.17) is 0 Å². The smallest absolute Gasteiger partial charge is 0.273 e. The summed E-state index contributed by atoms with van der Waals surface area (Å²) >= 11 is 0. The van der Waals surface area contributed by atoms with Gasteiger partial charge in [-0.25, -0.2) is 0 Å². The molecule has 0 spiro atoms. The number of carbonyl (C=O) groups excluding carboxylic acids is 1. The van der Waals surface area contributed by atoms with Gasteiger partial charge in [0.1, 0.15) is 0 Å². The minimum atomic E-state index is -0.187. The lowest BCUT2D eigenvalue weighted by Gasteiger charge is -2.22. The molecule has 0 bridgehead atoms. The number of piperidine rings is 1. The molecule has 2 rings (SSSR count). The average Bonchev–Trinajstić information content (AvgIpc) is 2.78. The molecule has 0 aliphatic carbocycles. The zero-order chi connectivity index (χ0) is 11.4. The van der Waals surface area contributed by atoms with E-state index >= 15 is 0 Å². The van der Waals surface area contributed by atoms with E-state index in [1.807, 2.05) is 0 Å². The van der Waals surface area contributed by atoms with Crippen molar-refractivity contribution >= 4 is 18.3 Å². The molecule has 7 heteroatoms. The van der Waals surface area contributed by atoms with E-state index in [-0.39, 0.29) is 18.3 Å². The lowest BCUT2D eigenvalue weighted by Crippen LogP contribution is -2.32. The molecule has 2 heterocycles. The normalized spacial score (nSPS) is 19.5. The van der Waals surface area contributed by atoms with Gasteiger partial charge in [0.05, 0.1) is 6.20 Å². The van der Waals surface area contributed by atoms with Crippen molar-refractivity contribution < 1.29 is 4.79 Å². The molecule has 1 aliphatic heterocycles. The van der Waals surface area contributed by atoms with Gasteiger partial charge < -0.3 is 10.6 Å². The number of hydrogen-bond donors (Lipinski definition) is 2. The number of halogens is 1. The fourth-order valence-corrected chi connectivity index (χ4v) is 1.96. The van der Waals surface area contributed by atoms with E-state index in [2.05, 4.69) is 20.9 Å². The Morgan fingerprint density at radius 3 is 3.18 bits per heavy atom. The van der Waals surface area contributed by atoms with Crippen LogP contribution in [0, 0.1) is 5.92 Å². The summed E-state index contributed by atoms with van der Waals surface area (Å²) in [5.41, 5.74) is 0.381. The third kappa shape index (κ3) is 3.67. The fraction of sp³-hybridized carbons (Fsp3) is 0.700. The maximum absolute atomic E-state index is 11.3. The predicted molar refractivity (Wildman–Crippen MR) is 66.3 cm³/mol. The molecule has 17 heavy (non-hydrogen) atoms. The summed E-state index contributed by atoms with van der Waals surface area (Å²) in [6.45, 7) is 2.96. The van der Waals surface area contributed by atoms with E-state index < -0.39 is 0 Å². The summed E-state index contributed by atoms with van der Waals surface area (Å²) in [4.78, 5) is 11.3. The van der Waals surface area contributed by atoms with Gasteiger partial charge in [-0.2, -0.15) is 0 Å². The monoisotopic (exact) mass is 259 g/mol. The molecule has 0 saturated carbocycles. The molecule has 1 aliphatic rings. The number of carbonyl (C=O) groups is 1. The highest BCUT2D eigenvalue weighted by atomic mass is 35.5. The molecule has 96 valence electrons. The van der Waals surface area contributed by atoms with Crippen LogP contribution in [0.3, 0.4) is 0 Å². The van der Waals surface area contributed by atoms with Gasteiger partial charge >= 0.3 is 0 Å². The van der Waals surface area contributed by atoms with Crippen molar-refractivity contribution in [3.63, 3.8) is 0 Å². The topological polar surface area (TPSA) is 71.8 Å². The first kappa shape index (κ1) is 13.9. The minimum absolute atomic E-state index is 0. The predicted octanol–water partition coefficient (Wildman–Crippen LogP) is 0.0591. The summed E-state index contributed by atoms with van der Waals surface area (Å²) in [6, 6.07) is 0. The van der Waals surface area contributed by atoms with Crippen molar-refractivity contribution in [1.29, 1.82) is 0 Å². The molecule has 1 fully saturated rings. The van der Waals surface area contributed by atoms with Crippen molar-refractivity contribution in [1.82, 2.24) is 25.6 Å². The molecule has 1 unspecified atom stereocenters. The highest BCUT2D eigenvalue weighted by molar-refractivity contribution is 5.91. The largest absolute Gasteiger partial charge is 0.354 e. The third-order valence-electron chi connectivity index (χ3n) is 2.84. The number of aromatic nitrogens is 3. The molecular formula is C10H18ClN5O. The minimum Gasteiger partial charge on any atom is -0.354 e. The molecule has 0 aromatic carbocycles. The number of hydrogen-bond acceptors (Lipinski definition) is 4. The highest BCUT2D eigenvalue weighted by Crippen LogP contribution is 2.11. The second-order valence-corrected chi connectivity index (χ2v) is 4.12. The van der Waals surface area contributed by atoms with Crippen molar-refractivity contribution in [3.05, 3.63) is 11.9 Å². The zero-order valence-corrected chi connectivity index (χ0v) is 10.7. The van der Waals surface area contributed by atoms with Crippen LogP contribution in [0.2, 0.25) is 0 Å². The van der Waals surface area contributed by atoms with Crippen LogP contribution in [0.4, 0.5) is 0 Å². The Morgan fingerprint density at radius 2 is 2.53 bits per heavy atom. The fourth-order valence-electron chi connectivity index (χ4n) is 1.96. The number of rotatable bonds is 3. The van der Waals surface area contributed by atoms with E-state index in [1.54, 1.807) is 17.9 Å². The van der Waals surface area contributed by atoms with Crippen molar-refractivity contribution in [2.75, 3.05) is 20.1 Å². The van der Waals surface area contributed by atoms with Crippen LogP contribution in [-0.4, -0.2) is 41.0 Å². The first-order valence-corrected chi connectivity index (χ1v) is 5.62. The molecule has 6 nitrogen and oxygen atoms in total. The van der Waals surface area contributed by atoms with Gasteiger partial charge in [-0.15, -0.1) is 17.5 Å².